The normalized spacial score (nSPS) is 18.9. The van der Waals surface area contributed by atoms with Crippen LogP contribution in [0.4, 0.5) is 0 Å². The van der Waals surface area contributed by atoms with Gasteiger partial charge in [0.1, 0.15) is 0 Å². The minimum absolute atomic E-state index is 0.0556. The second-order valence-corrected chi connectivity index (χ2v) is 16.2. The van der Waals surface area contributed by atoms with Crippen LogP contribution in [-0.4, -0.2) is 0 Å². The number of benzene rings is 7. The lowest BCUT2D eigenvalue weighted by Gasteiger charge is -2.34. The lowest BCUT2D eigenvalue weighted by molar-refractivity contribution is 0.660. The van der Waals surface area contributed by atoms with Crippen molar-refractivity contribution in [3.05, 3.63) is 215 Å². The molecule has 0 fully saturated rings. The second-order valence-electron chi connectivity index (χ2n) is 16.2. The van der Waals surface area contributed by atoms with Crippen LogP contribution >= 0.6 is 0 Å². The number of hydrogen-bond acceptors (Lipinski definition) is 0. The number of fused-ring (bicyclic) bond motifs is 7. The largest absolute Gasteiger partial charge is 0.0842 e. The Morgan fingerprint density at radius 1 is 0.473 bits per heavy atom. The molecule has 7 aromatic carbocycles. The Kier molecular flexibility index (Phi) is 7.26. The standard InChI is InChI=1S/C55H42/c1-55(2)49-27-15-14-18-39(49)40-33-32-38(34-50(40)55)54-47-25-12-10-23-45(47)53(46-24-11-13-26-48(46)54)37-30-28-36(29-31-37)52-43-21-8-6-19-41(43)51(35-16-4-3-5-17-35)42-20-7-9-22-44(42)52/h3-4,6-16,18-34,41,43H,5,17H2,1-2H3. The first-order valence-electron chi connectivity index (χ1n) is 19.9. The Labute approximate surface area is 323 Å². The topological polar surface area (TPSA) is 0 Å². The van der Waals surface area contributed by atoms with E-state index in [1.54, 1.807) is 0 Å². The van der Waals surface area contributed by atoms with E-state index in [2.05, 4.69) is 196 Å². The minimum Gasteiger partial charge on any atom is -0.0842 e. The Bertz CT molecular complexity index is 2940. The molecule has 4 aliphatic rings. The Balaban J connectivity index is 1.09. The fourth-order valence-corrected chi connectivity index (χ4v) is 10.5. The molecule has 262 valence electrons. The molecule has 2 unspecified atom stereocenters. The highest BCUT2D eigenvalue weighted by molar-refractivity contribution is 6.21. The summed E-state index contributed by atoms with van der Waals surface area (Å²) < 4.78 is 0. The fraction of sp³-hybridized carbons (Fsp3) is 0.127. The highest BCUT2D eigenvalue weighted by Gasteiger charge is 2.36. The third-order valence-electron chi connectivity index (χ3n) is 13.0. The first-order valence-corrected chi connectivity index (χ1v) is 19.9. The zero-order valence-electron chi connectivity index (χ0n) is 31.4. The van der Waals surface area contributed by atoms with Crippen LogP contribution in [0.3, 0.4) is 0 Å². The molecule has 0 bridgehead atoms. The summed E-state index contributed by atoms with van der Waals surface area (Å²) in [7, 11) is 0. The summed E-state index contributed by atoms with van der Waals surface area (Å²) in [5.74, 6) is 0.616. The summed E-state index contributed by atoms with van der Waals surface area (Å²) >= 11 is 0. The van der Waals surface area contributed by atoms with E-state index >= 15 is 0 Å². The smallest absolute Gasteiger partial charge is 0.0159 e. The SMILES string of the molecule is CC1(C)c2ccccc2-c2ccc(-c3c4ccccc4c(-c4ccc(C5=c6ccccc6=C(C6=CC=CCC6)C6C=CC=CC56)cc4)c4ccccc34)cc21. The summed E-state index contributed by atoms with van der Waals surface area (Å²) in [6.45, 7) is 4.75. The van der Waals surface area contributed by atoms with Gasteiger partial charge in [-0.15, -0.1) is 0 Å². The molecule has 0 saturated carbocycles. The average Bonchev–Trinajstić information content (AvgIpc) is 3.47. The van der Waals surface area contributed by atoms with Gasteiger partial charge in [-0.05, 0) is 118 Å². The van der Waals surface area contributed by atoms with Crippen molar-refractivity contribution in [3.63, 3.8) is 0 Å². The first-order chi connectivity index (χ1) is 27.1. The van der Waals surface area contributed by atoms with Crippen molar-refractivity contribution in [2.45, 2.75) is 32.1 Å². The molecule has 4 aliphatic carbocycles. The number of hydrogen-bond donors (Lipinski definition) is 0. The maximum Gasteiger partial charge on any atom is 0.0159 e. The van der Waals surface area contributed by atoms with Crippen LogP contribution in [0.15, 0.2) is 188 Å². The predicted octanol–water partition coefficient (Wildman–Crippen LogP) is 12.6. The van der Waals surface area contributed by atoms with Crippen LogP contribution in [0.2, 0.25) is 0 Å². The molecule has 7 aromatic rings. The van der Waals surface area contributed by atoms with E-state index in [4.69, 9.17) is 0 Å². The maximum absolute atomic E-state index is 2.48. The molecule has 2 atom stereocenters. The number of rotatable bonds is 4. The minimum atomic E-state index is -0.0556. The average molecular weight is 703 g/mol. The lowest BCUT2D eigenvalue weighted by atomic mass is 9.69. The van der Waals surface area contributed by atoms with Gasteiger partial charge in [-0.25, -0.2) is 0 Å². The molecule has 0 spiro atoms. The van der Waals surface area contributed by atoms with Crippen molar-refractivity contribution in [2.75, 3.05) is 0 Å². The zero-order valence-corrected chi connectivity index (χ0v) is 31.4. The van der Waals surface area contributed by atoms with Gasteiger partial charge >= 0.3 is 0 Å². The molecule has 0 radical (unpaired) electrons. The summed E-state index contributed by atoms with van der Waals surface area (Å²) in [6, 6.07) is 52.8. The van der Waals surface area contributed by atoms with Crippen LogP contribution < -0.4 is 10.4 Å². The maximum atomic E-state index is 2.48. The van der Waals surface area contributed by atoms with Gasteiger partial charge in [0.25, 0.3) is 0 Å². The van der Waals surface area contributed by atoms with Gasteiger partial charge in [0.15, 0.2) is 0 Å². The molecule has 55 heavy (non-hydrogen) atoms. The molecule has 0 amide bonds. The molecular weight excluding hydrogens is 661 g/mol. The first kappa shape index (κ1) is 32.2. The van der Waals surface area contributed by atoms with E-state index in [0.717, 1.165) is 12.8 Å². The molecule has 0 aliphatic heterocycles. The Morgan fingerprint density at radius 2 is 1.00 bits per heavy atom. The third kappa shape index (κ3) is 4.84. The molecule has 0 nitrogen and oxygen atoms in total. The van der Waals surface area contributed by atoms with E-state index in [-0.39, 0.29) is 5.41 Å². The third-order valence-corrected chi connectivity index (χ3v) is 13.0. The highest BCUT2D eigenvalue weighted by atomic mass is 14.4. The number of allylic oxidation sites excluding steroid dienone is 8. The van der Waals surface area contributed by atoms with Crippen molar-refractivity contribution in [2.24, 2.45) is 11.8 Å². The van der Waals surface area contributed by atoms with Crippen LogP contribution in [0.25, 0.3) is 66.1 Å². The quantitative estimate of drug-likeness (QED) is 0.160. The summed E-state index contributed by atoms with van der Waals surface area (Å²) in [5, 5.41) is 7.91. The summed E-state index contributed by atoms with van der Waals surface area (Å²) in [5.41, 5.74) is 16.3. The van der Waals surface area contributed by atoms with E-state index in [9.17, 15) is 0 Å². The molecular formula is C55H42. The van der Waals surface area contributed by atoms with Crippen LogP contribution in [0.5, 0.6) is 0 Å². The van der Waals surface area contributed by atoms with Crippen LogP contribution in [0, 0.1) is 11.8 Å². The summed E-state index contributed by atoms with van der Waals surface area (Å²) in [4.78, 5) is 0. The molecule has 0 N–H and O–H groups in total. The van der Waals surface area contributed by atoms with Crippen molar-refractivity contribution in [1.82, 2.24) is 0 Å². The summed E-state index contributed by atoms with van der Waals surface area (Å²) in [6.07, 6.45) is 18.5. The van der Waals surface area contributed by atoms with E-state index in [1.807, 2.05) is 0 Å². The Hall–Kier alpha value is -6.24. The van der Waals surface area contributed by atoms with Gasteiger partial charge in [-0.2, -0.15) is 0 Å². The predicted molar refractivity (Wildman–Crippen MR) is 233 cm³/mol. The van der Waals surface area contributed by atoms with Crippen LogP contribution in [0.1, 0.15) is 43.4 Å². The van der Waals surface area contributed by atoms with Crippen molar-refractivity contribution in [3.8, 4) is 33.4 Å². The van der Waals surface area contributed by atoms with Crippen molar-refractivity contribution in [1.29, 1.82) is 0 Å². The molecule has 0 saturated heterocycles. The van der Waals surface area contributed by atoms with Gasteiger partial charge in [-0.3, -0.25) is 0 Å². The zero-order chi connectivity index (χ0) is 36.7. The van der Waals surface area contributed by atoms with E-state index in [1.165, 1.54) is 98.8 Å². The van der Waals surface area contributed by atoms with E-state index < -0.39 is 0 Å². The van der Waals surface area contributed by atoms with Crippen molar-refractivity contribution >= 4 is 32.7 Å². The van der Waals surface area contributed by atoms with E-state index in [0.29, 0.717) is 11.8 Å². The van der Waals surface area contributed by atoms with Crippen LogP contribution in [-0.2, 0) is 5.41 Å². The molecule has 11 rings (SSSR count). The van der Waals surface area contributed by atoms with Gasteiger partial charge in [-0.1, -0.05) is 190 Å². The van der Waals surface area contributed by atoms with Gasteiger partial charge in [0.05, 0.1) is 0 Å². The molecule has 0 aromatic heterocycles. The van der Waals surface area contributed by atoms with Gasteiger partial charge in [0, 0.05) is 17.3 Å². The molecule has 0 heterocycles. The molecule has 0 heteroatoms. The van der Waals surface area contributed by atoms with Gasteiger partial charge in [0.2, 0.25) is 0 Å². The highest BCUT2D eigenvalue weighted by Crippen LogP contribution is 2.51. The second kappa shape index (κ2) is 12.4. The Morgan fingerprint density at radius 3 is 1.65 bits per heavy atom. The lowest BCUT2D eigenvalue weighted by Crippen LogP contribution is -2.40. The monoisotopic (exact) mass is 702 g/mol. The van der Waals surface area contributed by atoms with Crippen molar-refractivity contribution < 1.29 is 0 Å². The fourth-order valence-electron chi connectivity index (χ4n) is 10.5. The van der Waals surface area contributed by atoms with Gasteiger partial charge < -0.3 is 0 Å².